The highest BCUT2D eigenvalue weighted by molar-refractivity contribution is 5.91. The van der Waals surface area contributed by atoms with Crippen LogP contribution in [0, 0.1) is 17.7 Å². The molecule has 2 fully saturated rings. The Bertz CT molecular complexity index is 1070. The number of nitrogens with zero attached hydrogens (tertiary/aromatic N) is 1. The quantitative estimate of drug-likeness (QED) is 0.191. The third kappa shape index (κ3) is 6.27. The van der Waals surface area contributed by atoms with Crippen molar-refractivity contribution >= 4 is 17.7 Å². The molecule has 0 aliphatic heterocycles. The average molecular weight is 508 g/mol. The topological polar surface area (TPSA) is 80.3 Å². The van der Waals surface area contributed by atoms with E-state index in [-0.39, 0.29) is 30.3 Å². The van der Waals surface area contributed by atoms with E-state index in [1.807, 2.05) is 31.2 Å². The predicted octanol–water partition coefficient (Wildman–Crippen LogP) is 5.56. The third-order valence-electron chi connectivity index (χ3n) is 8.16. The number of amides is 1. The van der Waals surface area contributed by atoms with E-state index >= 15 is 0 Å². The molecule has 3 atom stereocenters. The minimum atomic E-state index is -0.588. The van der Waals surface area contributed by atoms with Gasteiger partial charge in [0.15, 0.2) is 0 Å². The molecule has 1 heterocycles. The van der Waals surface area contributed by atoms with Crippen molar-refractivity contribution in [2.45, 2.75) is 69.3 Å². The van der Waals surface area contributed by atoms with Gasteiger partial charge in [-0.25, -0.2) is 9.37 Å². The SMILES string of the molecule is C=CC1C[C@](C)(OC(=O)C2(c3ccccc3)CCCCCC2)C1CCNCC(=O)Nc1ccc(F)cn1. The molecule has 1 aromatic carbocycles. The molecule has 0 radical (unpaired) electrons. The zero-order valence-corrected chi connectivity index (χ0v) is 21.7. The van der Waals surface area contributed by atoms with Gasteiger partial charge in [-0.05, 0) is 62.8 Å². The molecule has 4 rings (SSSR count). The van der Waals surface area contributed by atoms with Crippen molar-refractivity contribution in [2.24, 2.45) is 11.8 Å². The van der Waals surface area contributed by atoms with Gasteiger partial charge in [-0.1, -0.05) is 62.1 Å². The first-order valence-corrected chi connectivity index (χ1v) is 13.4. The Kier molecular flexibility index (Phi) is 8.75. The van der Waals surface area contributed by atoms with Crippen LogP contribution >= 0.6 is 0 Å². The van der Waals surface area contributed by atoms with Gasteiger partial charge in [0.1, 0.15) is 17.2 Å². The summed E-state index contributed by atoms with van der Waals surface area (Å²) in [4.78, 5) is 29.9. The number of hydrogen-bond acceptors (Lipinski definition) is 5. The summed E-state index contributed by atoms with van der Waals surface area (Å²) < 4.78 is 19.4. The molecule has 2 saturated carbocycles. The minimum absolute atomic E-state index is 0.102. The fourth-order valence-corrected chi connectivity index (χ4v) is 6.04. The number of aromatic nitrogens is 1. The van der Waals surface area contributed by atoms with E-state index in [1.54, 1.807) is 0 Å². The second kappa shape index (κ2) is 12.0. The Morgan fingerprint density at radius 2 is 1.86 bits per heavy atom. The van der Waals surface area contributed by atoms with Gasteiger partial charge in [0, 0.05) is 5.92 Å². The van der Waals surface area contributed by atoms with Gasteiger partial charge >= 0.3 is 5.97 Å². The lowest BCUT2D eigenvalue weighted by atomic mass is 9.60. The van der Waals surface area contributed by atoms with Crippen molar-refractivity contribution in [3.8, 4) is 0 Å². The summed E-state index contributed by atoms with van der Waals surface area (Å²) >= 11 is 0. The summed E-state index contributed by atoms with van der Waals surface area (Å²) in [5, 5.41) is 5.81. The van der Waals surface area contributed by atoms with E-state index in [2.05, 4.69) is 34.3 Å². The predicted molar refractivity (Wildman–Crippen MR) is 142 cm³/mol. The lowest BCUT2D eigenvalue weighted by molar-refractivity contribution is -0.194. The van der Waals surface area contributed by atoms with E-state index < -0.39 is 16.8 Å². The van der Waals surface area contributed by atoms with Crippen LogP contribution in [0.3, 0.4) is 0 Å². The summed E-state index contributed by atoms with van der Waals surface area (Å²) in [6.45, 7) is 6.73. The van der Waals surface area contributed by atoms with Crippen LogP contribution in [0.4, 0.5) is 10.2 Å². The number of carbonyl (C=O) groups is 2. The molecule has 0 bridgehead atoms. The Morgan fingerprint density at radius 1 is 1.14 bits per heavy atom. The molecule has 1 aromatic heterocycles. The maximum Gasteiger partial charge on any atom is 0.317 e. The molecule has 6 nitrogen and oxygen atoms in total. The van der Waals surface area contributed by atoms with Crippen molar-refractivity contribution in [3.05, 3.63) is 72.7 Å². The lowest BCUT2D eigenvalue weighted by Gasteiger charge is -2.52. The number of hydrogen-bond donors (Lipinski definition) is 2. The first kappa shape index (κ1) is 27.0. The molecule has 198 valence electrons. The maximum absolute atomic E-state index is 13.9. The number of benzene rings is 1. The van der Waals surface area contributed by atoms with Crippen LogP contribution in [-0.4, -0.2) is 35.6 Å². The molecule has 2 aromatic rings. The molecule has 2 N–H and O–H groups in total. The summed E-state index contributed by atoms with van der Waals surface area (Å²) in [5.41, 5.74) is -0.0913. The van der Waals surface area contributed by atoms with Gasteiger partial charge in [0.25, 0.3) is 0 Å². The normalized spacial score (nSPS) is 24.8. The first-order valence-electron chi connectivity index (χ1n) is 13.4. The summed E-state index contributed by atoms with van der Waals surface area (Å²) in [5.74, 6) is -0.106. The fourth-order valence-electron chi connectivity index (χ4n) is 6.04. The van der Waals surface area contributed by atoms with Crippen molar-refractivity contribution in [1.82, 2.24) is 10.3 Å². The number of carbonyl (C=O) groups excluding carboxylic acids is 2. The van der Waals surface area contributed by atoms with E-state index in [0.29, 0.717) is 12.4 Å². The van der Waals surface area contributed by atoms with Gasteiger partial charge < -0.3 is 15.4 Å². The number of anilines is 1. The van der Waals surface area contributed by atoms with E-state index in [0.717, 1.165) is 63.1 Å². The summed E-state index contributed by atoms with van der Waals surface area (Å²) in [6.07, 6.45) is 10.5. The molecule has 0 spiro atoms. The number of allylic oxidation sites excluding steroid dienone is 1. The highest BCUT2D eigenvalue weighted by atomic mass is 19.1. The second-order valence-electron chi connectivity index (χ2n) is 10.6. The highest BCUT2D eigenvalue weighted by Crippen LogP contribution is 2.51. The zero-order valence-electron chi connectivity index (χ0n) is 21.7. The first-order chi connectivity index (χ1) is 17.9. The van der Waals surface area contributed by atoms with E-state index in [9.17, 15) is 14.0 Å². The average Bonchev–Trinajstić information content (AvgIpc) is 3.16. The van der Waals surface area contributed by atoms with Crippen molar-refractivity contribution < 1.29 is 18.7 Å². The minimum Gasteiger partial charge on any atom is -0.458 e. The van der Waals surface area contributed by atoms with Crippen LogP contribution in [0.25, 0.3) is 0 Å². The Balaban J connectivity index is 1.35. The van der Waals surface area contributed by atoms with Crippen LogP contribution < -0.4 is 10.6 Å². The molecule has 0 saturated heterocycles. The van der Waals surface area contributed by atoms with Crippen molar-refractivity contribution in [1.29, 1.82) is 0 Å². The summed E-state index contributed by atoms with van der Waals surface area (Å²) in [6, 6.07) is 12.8. The standard InChI is InChI=1S/C30H38FN3O3/c1-3-22-19-29(2,25(22)15-18-32-21-27(35)34-26-14-13-24(31)20-33-26)37-28(36)30(16-9-4-5-10-17-30)23-11-7-6-8-12-23/h3,6-8,11-14,20,22,25,32H,1,4-5,9-10,15-19,21H2,2H3,(H,33,34,35)/t22?,25?,29-/m0/s1. The third-order valence-corrected chi connectivity index (χ3v) is 8.16. The van der Waals surface area contributed by atoms with E-state index in [1.165, 1.54) is 12.1 Å². The fraction of sp³-hybridized carbons (Fsp3) is 0.500. The Morgan fingerprint density at radius 3 is 2.51 bits per heavy atom. The van der Waals surface area contributed by atoms with E-state index in [4.69, 9.17) is 4.74 Å². The molecular weight excluding hydrogens is 469 g/mol. The number of ether oxygens (including phenoxy) is 1. The van der Waals surface area contributed by atoms with Crippen LogP contribution in [0.1, 0.15) is 63.9 Å². The Hall–Kier alpha value is -3.06. The maximum atomic E-state index is 13.9. The monoisotopic (exact) mass is 507 g/mol. The molecule has 2 aliphatic rings. The van der Waals surface area contributed by atoms with Gasteiger partial charge in [-0.3, -0.25) is 9.59 Å². The smallest absolute Gasteiger partial charge is 0.317 e. The Labute approximate surface area is 219 Å². The van der Waals surface area contributed by atoms with Gasteiger partial charge in [0.2, 0.25) is 5.91 Å². The largest absolute Gasteiger partial charge is 0.458 e. The number of halogens is 1. The number of rotatable bonds is 10. The molecule has 2 unspecified atom stereocenters. The van der Waals surface area contributed by atoms with Crippen LogP contribution in [-0.2, 0) is 19.7 Å². The highest BCUT2D eigenvalue weighted by Gasteiger charge is 2.54. The lowest BCUT2D eigenvalue weighted by Crippen LogP contribution is -2.57. The van der Waals surface area contributed by atoms with Crippen molar-refractivity contribution in [3.63, 3.8) is 0 Å². The molecule has 37 heavy (non-hydrogen) atoms. The molecule has 1 amide bonds. The van der Waals surface area contributed by atoms with Crippen LogP contribution in [0.5, 0.6) is 0 Å². The van der Waals surface area contributed by atoms with Gasteiger partial charge in [-0.2, -0.15) is 0 Å². The van der Waals surface area contributed by atoms with Crippen LogP contribution in [0.2, 0.25) is 0 Å². The summed E-state index contributed by atoms with van der Waals surface area (Å²) in [7, 11) is 0. The second-order valence-corrected chi connectivity index (χ2v) is 10.6. The molecular formula is C30H38FN3O3. The number of pyridine rings is 1. The van der Waals surface area contributed by atoms with Crippen LogP contribution in [0.15, 0.2) is 61.3 Å². The zero-order chi connectivity index (χ0) is 26.3. The number of nitrogens with one attached hydrogen (secondary N) is 2. The molecule has 2 aliphatic carbocycles. The molecule has 7 heteroatoms. The van der Waals surface area contributed by atoms with Crippen molar-refractivity contribution in [2.75, 3.05) is 18.4 Å². The number of esters is 1. The van der Waals surface area contributed by atoms with Gasteiger partial charge in [0.05, 0.1) is 18.2 Å². The van der Waals surface area contributed by atoms with Gasteiger partial charge in [-0.15, -0.1) is 6.58 Å².